The van der Waals surface area contributed by atoms with E-state index in [2.05, 4.69) is 5.32 Å². The topological polar surface area (TPSA) is 92.5 Å². The molecule has 106 valence electrons. The van der Waals surface area contributed by atoms with Gasteiger partial charge in [-0.2, -0.15) is 0 Å². The Hall–Kier alpha value is -1.76. The number of anilines is 2. The molecule has 0 spiro atoms. The molecule has 0 aromatic heterocycles. The highest BCUT2D eigenvalue weighted by Gasteiger charge is 2.18. The SMILES string of the molecule is CC(Nc1cccc(S(C)(=O)=O)c1N)C(=O)N(C)C. The quantitative estimate of drug-likeness (QED) is 0.789. The molecule has 1 rings (SSSR count). The average molecular weight is 285 g/mol. The highest BCUT2D eigenvalue weighted by Crippen LogP contribution is 2.27. The van der Waals surface area contributed by atoms with Crippen LogP contribution >= 0.6 is 0 Å². The van der Waals surface area contributed by atoms with Crippen LogP contribution in [0.5, 0.6) is 0 Å². The van der Waals surface area contributed by atoms with Crippen molar-refractivity contribution in [3.05, 3.63) is 18.2 Å². The molecule has 1 aromatic carbocycles. The summed E-state index contributed by atoms with van der Waals surface area (Å²) in [6, 6.07) is 4.17. The second-order valence-electron chi connectivity index (χ2n) is 4.59. The van der Waals surface area contributed by atoms with Gasteiger partial charge in [-0.15, -0.1) is 0 Å². The number of nitrogens with one attached hydrogen (secondary N) is 1. The number of hydrogen-bond acceptors (Lipinski definition) is 5. The van der Waals surface area contributed by atoms with E-state index in [1.165, 1.54) is 11.0 Å². The number of hydrogen-bond donors (Lipinski definition) is 2. The van der Waals surface area contributed by atoms with Crippen molar-refractivity contribution in [2.75, 3.05) is 31.4 Å². The Kier molecular flexibility index (Phi) is 4.41. The number of amides is 1. The Labute approximate surface area is 113 Å². The fraction of sp³-hybridized carbons (Fsp3) is 0.417. The molecule has 0 radical (unpaired) electrons. The maximum atomic E-state index is 11.7. The molecule has 6 nitrogen and oxygen atoms in total. The number of sulfone groups is 1. The van der Waals surface area contributed by atoms with E-state index < -0.39 is 15.9 Å². The van der Waals surface area contributed by atoms with Crippen molar-refractivity contribution in [2.45, 2.75) is 17.9 Å². The lowest BCUT2D eigenvalue weighted by Crippen LogP contribution is -2.36. The third-order valence-electron chi connectivity index (χ3n) is 2.65. The largest absolute Gasteiger partial charge is 0.396 e. The zero-order chi connectivity index (χ0) is 14.8. The van der Waals surface area contributed by atoms with Crippen LogP contribution in [0, 0.1) is 0 Å². The predicted molar refractivity (Wildman–Crippen MR) is 75.7 cm³/mol. The molecule has 1 atom stereocenters. The Morgan fingerprint density at radius 2 is 1.95 bits per heavy atom. The maximum absolute atomic E-state index is 11.7. The standard InChI is InChI=1S/C12H19N3O3S/c1-8(12(16)15(2)3)14-9-6-5-7-10(11(9)13)19(4,17)18/h5-8,14H,13H2,1-4H3. The van der Waals surface area contributed by atoms with Crippen molar-refractivity contribution in [1.29, 1.82) is 0 Å². The van der Waals surface area contributed by atoms with Crippen molar-refractivity contribution >= 4 is 27.1 Å². The molecule has 0 aliphatic rings. The lowest BCUT2D eigenvalue weighted by molar-refractivity contribution is -0.129. The summed E-state index contributed by atoms with van der Waals surface area (Å²) in [4.78, 5) is 13.3. The molecule has 1 amide bonds. The fourth-order valence-electron chi connectivity index (χ4n) is 1.68. The monoisotopic (exact) mass is 285 g/mol. The van der Waals surface area contributed by atoms with E-state index >= 15 is 0 Å². The van der Waals surface area contributed by atoms with Gasteiger partial charge in [0, 0.05) is 20.4 Å². The summed E-state index contributed by atoms with van der Waals surface area (Å²) >= 11 is 0. The van der Waals surface area contributed by atoms with Crippen molar-refractivity contribution < 1.29 is 13.2 Å². The van der Waals surface area contributed by atoms with Crippen LogP contribution in [-0.2, 0) is 14.6 Å². The third-order valence-corrected chi connectivity index (χ3v) is 3.80. The van der Waals surface area contributed by atoms with Crippen LogP contribution in [-0.4, -0.2) is 45.6 Å². The van der Waals surface area contributed by atoms with Gasteiger partial charge < -0.3 is 16.0 Å². The summed E-state index contributed by atoms with van der Waals surface area (Å²) in [5.41, 5.74) is 6.39. The number of rotatable bonds is 4. The van der Waals surface area contributed by atoms with Crippen LogP contribution in [0.25, 0.3) is 0 Å². The first-order valence-corrected chi connectivity index (χ1v) is 7.60. The summed E-state index contributed by atoms with van der Waals surface area (Å²) < 4.78 is 23.1. The summed E-state index contributed by atoms with van der Waals surface area (Å²) in [5, 5.41) is 2.92. The van der Waals surface area contributed by atoms with Crippen LogP contribution in [0.3, 0.4) is 0 Å². The maximum Gasteiger partial charge on any atom is 0.244 e. The van der Waals surface area contributed by atoms with E-state index in [0.717, 1.165) is 6.26 Å². The summed E-state index contributed by atoms with van der Waals surface area (Å²) in [5.74, 6) is -0.121. The predicted octanol–water partition coefficient (Wildman–Crippen LogP) is 0.561. The van der Waals surface area contributed by atoms with Gasteiger partial charge in [0.05, 0.1) is 16.3 Å². The van der Waals surface area contributed by atoms with Gasteiger partial charge in [0.2, 0.25) is 5.91 Å². The van der Waals surface area contributed by atoms with E-state index in [-0.39, 0.29) is 16.5 Å². The molecule has 1 aromatic rings. The number of nitrogens with two attached hydrogens (primary N) is 1. The third kappa shape index (κ3) is 3.60. The molecule has 0 saturated heterocycles. The molecule has 3 N–H and O–H groups in total. The second-order valence-corrected chi connectivity index (χ2v) is 6.57. The lowest BCUT2D eigenvalue weighted by atomic mass is 10.2. The molecule has 0 aliphatic carbocycles. The molecule has 0 fully saturated rings. The Morgan fingerprint density at radius 3 is 2.42 bits per heavy atom. The second kappa shape index (κ2) is 5.48. The van der Waals surface area contributed by atoms with Crippen LogP contribution in [0.2, 0.25) is 0 Å². The first-order chi connectivity index (χ1) is 8.64. The van der Waals surface area contributed by atoms with E-state index in [1.54, 1.807) is 33.2 Å². The molecule has 0 saturated carbocycles. The zero-order valence-corrected chi connectivity index (χ0v) is 12.3. The minimum atomic E-state index is -3.39. The van der Waals surface area contributed by atoms with E-state index in [0.29, 0.717) is 5.69 Å². The Morgan fingerprint density at radius 1 is 1.37 bits per heavy atom. The Balaban J connectivity index is 3.08. The average Bonchev–Trinajstić information content (AvgIpc) is 2.29. The number of nitrogens with zero attached hydrogens (tertiary/aromatic N) is 1. The van der Waals surface area contributed by atoms with Crippen LogP contribution in [0.15, 0.2) is 23.1 Å². The van der Waals surface area contributed by atoms with Gasteiger partial charge in [-0.05, 0) is 19.1 Å². The molecular weight excluding hydrogens is 266 g/mol. The van der Waals surface area contributed by atoms with Gasteiger partial charge in [0.25, 0.3) is 0 Å². The zero-order valence-electron chi connectivity index (χ0n) is 11.5. The van der Waals surface area contributed by atoms with Crippen molar-refractivity contribution in [3.63, 3.8) is 0 Å². The summed E-state index contributed by atoms with van der Waals surface area (Å²) in [6.45, 7) is 1.69. The smallest absolute Gasteiger partial charge is 0.244 e. The molecule has 1 unspecified atom stereocenters. The van der Waals surface area contributed by atoms with Crippen LogP contribution < -0.4 is 11.1 Å². The first-order valence-electron chi connectivity index (χ1n) is 5.71. The van der Waals surface area contributed by atoms with Gasteiger partial charge in [-0.1, -0.05) is 6.07 Å². The molecule has 0 aliphatic heterocycles. The fourth-order valence-corrected chi connectivity index (χ4v) is 2.51. The highest BCUT2D eigenvalue weighted by molar-refractivity contribution is 7.90. The number of carbonyl (C=O) groups is 1. The van der Waals surface area contributed by atoms with Crippen molar-refractivity contribution in [2.24, 2.45) is 0 Å². The minimum Gasteiger partial charge on any atom is -0.396 e. The molecular formula is C12H19N3O3S. The first kappa shape index (κ1) is 15.3. The minimum absolute atomic E-state index is 0.0574. The van der Waals surface area contributed by atoms with Crippen molar-refractivity contribution in [3.8, 4) is 0 Å². The van der Waals surface area contributed by atoms with Gasteiger partial charge >= 0.3 is 0 Å². The lowest BCUT2D eigenvalue weighted by Gasteiger charge is -2.20. The number of para-hydroxylation sites is 1. The van der Waals surface area contributed by atoms with Crippen LogP contribution in [0.4, 0.5) is 11.4 Å². The molecule has 7 heteroatoms. The van der Waals surface area contributed by atoms with E-state index in [4.69, 9.17) is 5.73 Å². The van der Waals surface area contributed by atoms with Gasteiger partial charge in [-0.3, -0.25) is 4.79 Å². The highest BCUT2D eigenvalue weighted by atomic mass is 32.2. The van der Waals surface area contributed by atoms with E-state index in [1.807, 2.05) is 0 Å². The number of carbonyl (C=O) groups excluding carboxylic acids is 1. The Bertz CT molecular complexity index is 582. The normalized spacial score (nSPS) is 12.8. The van der Waals surface area contributed by atoms with Gasteiger partial charge in [-0.25, -0.2) is 8.42 Å². The summed E-state index contributed by atoms with van der Waals surface area (Å²) in [6.07, 6.45) is 1.09. The number of nitrogen functional groups attached to an aromatic ring is 1. The van der Waals surface area contributed by atoms with Crippen LogP contribution in [0.1, 0.15) is 6.92 Å². The molecule has 0 heterocycles. The number of likely N-dealkylation sites (N-methyl/N-ethyl adjacent to an activating group) is 1. The van der Waals surface area contributed by atoms with Gasteiger partial charge in [0.15, 0.2) is 9.84 Å². The van der Waals surface area contributed by atoms with E-state index in [9.17, 15) is 13.2 Å². The summed E-state index contributed by atoms with van der Waals surface area (Å²) in [7, 11) is -0.0895. The van der Waals surface area contributed by atoms with Gasteiger partial charge in [0.1, 0.15) is 6.04 Å². The molecule has 0 bridgehead atoms. The van der Waals surface area contributed by atoms with Crippen molar-refractivity contribution in [1.82, 2.24) is 4.90 Å². The molecule has 19 heavy (non-hydrogen) atoms. The number of benzene rings is 1.